The molecule has 22 heavy (non-hydrogen) atoms. The van der Waals surface area contributed by atoms with Crippen LogP contribution in [-0.4, -0.2) is 26.0 Å². The van der Waals surface area contributed by atoms with E-state index in [1.54, 1.807) is 18.5 Å². The topological polar surface area (TPSA) is 66.5 Å². The molecule has 7 heteroatoms. The molecular weight excluding hydrogens is 305 g/mol. The highest BCUT2D eigenvalue weighted by Crippen LogP contribution is 2.29. The lowest BCUT2D eigenvalue weighted by atomic mass is 9.93. The van der Waals surface area contributed by atoms with Gasteiger partial charge in [-0.2, -0.15) is 0 Å². The average molecular weight is 318 g/mol. The average Bonchev–Trinajstić information content (AvgIpc) is 2.87. The number of nitrogens with one attached hydrogen (secondary N) is 2. The molecule has 5 nitrogen and oxygen atoms in total. The van der Waals surface area contributed by atoms with Gasteiger partial charge in [0.1, 0.15) is 5.65 Å². The predicted octanol–water partition coefficient (Wildman–Crippen LogP) is 3.78. The summed E-state index contributed by atoms with van der Waals surface area (Å²) in [5.74, 6) is 0.254. The van der Waals surface area contributed by atoms with E-state index in [0.29, 0.717) is 22.5 Å². The van der Waals surface area contributed by atoms with Crippen LogP contribution in [-0.2, 0) is 0 Å². The lowest BCUT2D eigenvalue weighted by molar-refractivity contribution is 0.441. The Labute approximate surface area is 131 Å². The van der Waals surface area contributed by atoms with E-state index in [9.17, 15) is 4.39 Å². The van der Waals surface area contributed by atoms with Crippen molar-refractivity contribution in [3.8, 4) is 11.4 Å². The molecule has 112 valence electrons. The standard InChI is InChI=1S/C15H13ClFN5/c16-8-4-10-11(6-19-13(10)18-5-8)14-20-7-12(17)15(22-14)21-9-2-1-3-9/h4-7,9H,1-3H2,(H,18,19)(H,20,21,22). The zero-order chi connectivity index (χ0) is 15.1. The Morgan fingerprint density at radius 1 is 1.27 bits per heavy atom. The number of halogens is 2. The smallest absolute Gasteiger partial charge is 0.183 e. The van der Waals surface area contributed by atoms with Crippen molar-refractivity contribution in [3.05, 3.63) is 35.5 Å². The van der Waals surface area contributed by atoms with Crippen molar-refractivity contribution in [2.24, 2.45) is 0 Å². The van der Waals surface area contributed by atoms with Gasteiger partial charge in [-0.15, -0.1) is 0 Å². The fourth-order valence-electron chi connectivity index (χ4n) is 2.51. The van der Waals surface area contributed by atoms with Crippen LogP contribution >= 0.6 is 11.6 Å². The zero-order valence-electron chi connectivity index (χ0n) is 11.6. The van der Waals surface area contributed by atoms with Gasteiger partial charge < -0.3 is 10.3 Å². The Bertz CT molecular complexity index is 843. The van der Waals surface area contributed by atoms with E-state index in [4.69, 9.17) is 11.6 Å². The Kier molecular flexibility index (Phi) is 3.18. The molecule has 1 saturated carbocycles. The lowest BCUT2D eigenvalue weighted by Crippen LogP contribution is -2.28. The Balaban J connectivity index is 1.77. The SMILES string of the molecule is Fc1cnc(-c2c[nH]c3ncc(Cl)cc23)nc1NC1CCC1. The minimum atomic E-state index is -0.438. The van der Waals surface area contributed by atoms with Crippen molar-refractivity contribution in [3.63, 3.8) is 0 Å². The van der Waals surface area contributed by atoms with Crippen LogP contribution < -0.4 is 5.32 Å². The van der Waals surface area contributed by atoms with E-state index in [1.165, 1.54) is 12.6 Å². The molecule has 0 saturated heterocycles. The third-order valence-electron chi connectivity index (χ3n) is 3.93. The van der Waals surface area contributed by atoms with E-state index in [2.05, 4.69) is 25.3 Å². The molecular formula is C15H13ClFN5. The quantitative estimate of drug-likeness (QED) is 0.771. The second-order valence-electron chi connectivity index (χ2n) is 5.41. The number of H-pyrrole nitrogens is 1. The second-order valence-corrected chi connectivity index (χ2v) is 5.85. The van der Waals surface area contributed by atoms with Gasteiger partial charge in [0.2, 0.25) is 0 Å². The third kappa shape index (κ3) is 2.29. The van der Waals surface area contributed by atoms with Crippen LogP contribution in [0.15, 0.2) is 24.7 Å². The molecule has 0 unspecified atom stereocenters. The maximum Gasteiger partial charge on any atom is 0.183 e. The van der Waals surface area contributed by atoms with Gasteiger partial charge in [0.15, 0.2) is 17.5 Å². The molecule has 3 aromatic rings. The molecule has 0 bridgehead atoms. The highest BCUT2D eigenvalue weighted by atomic mass is 35.5. The van der Waals surface area contributed by atoms with Crippen molar-refractivity contribution < 1.29 is 4.39 Å². The summed E-state index contributed by atoms with van der Waals surface area (Å²) in [7, 11) is 0. The number of pyridine rings is 1. The molecule has 3 aromatic heterocycles. The Morgan fingerprint density at radius 2 is 2.14 bits per heavy atom. The summed E-state index contributed by atoms with van der Waals surface area (Å²) in [5.41, 5.74) is 1.45. The molecule has 0 atom stereocenters. The molecule has 1 fully saturated rings. The van der Waals surface area contributed by atoms with Gasteiger partial charge in [0.05, 0.1) is 11.2 Å². The maximum atomic E-state index is 13.9. The third-order valence-corrected chi connectivity index (χ3v) is 4.14. The molecule has 1 aliphatic rings. The number of aromatic amines is 1. The van der Waals surface area contributed by atoms with Crippen LogP contribution in [0.3, 0.4) is 0 Å². The molecule has 4 rings (SSSR count). The molecule has 0 aliphatic heterocycles. The van der Waals surface area contributed by atoms with E-state index in [1.807, 2.05) is 0 Å². The number of aromatic nitrogens is 4. The van der Waals surface area contributed by atoms with Crippen molar-refractivity contribution in [2.45, 2.75) is 25.3 Å². The number of anilines is 1. The van der Waals surface area contributed by atoms with E-state index in [0.717, 1.165) is 23.8 Å². The molecule has 0 aromatic carbocycles. The molecule has 0 spiro atoms. The molecule has 2 N–H and O–H groups in total. The van der Waals surface area contributed by atoms with Gasteiger partial charge >= 0.3 is 0 Å². The van der Waals surface area contributed by atoms with Crippen LogP contribution in [0.5, 0.6) is 0 Å². The first kappa shape index (κ1) is 13.5. The number of fused-ring (bicyclic) bond motifs is 1. The Hall–Kier alpha value is -2.21. The van der Waals surface area contributed by atoms with Gasteiger partial charge in [0.25, 0.3) is 0 Å². The maximum absolute atomic E-state index is 13.9. The number of hydrogen-bond donors (Lipinski definition) is 2. The summed E-state index contributed by atoms with van der Waals surface area (Å²) in [6.45, 7) is 0. The van der Waals surface area contributed by atoms with Crippen molar-refractivity contribution >= 4 is 28.5 Å². The van der Waals surface area contributed by atoms with E-state index < -0.39 is 5.82 Å². The van der Waals surface area contributed by atoms with Crippen LogP contribution in [0.4, 0.5) is 10.2 Å². The van der Waals surface area contributed by atoms with E-state index in [-0.39, 0.29) is 5.82 Å². The van der Waals surface area contributed by atoms with Gasteiger partial charge in [-0.05, 0) is 25.3 Å². The van der Waals surface area contributed by atoms with Crippen molar-refractivity contribution in [1.29, 1.82) is 0 Å². The normalized spacial score (nSPS) is 15.0. The number of rotatable bonds is 3. The minimum absolute atomic E-state index is 0.249. The molecule has 0 amide bonds. The highest BCUT2D eigenvalue weighted by molar-refractivity contribution is 6.31. The van der Waals surface area contributed by atoms with Crippen LogP contribution in [0.1, 0.15) is 19.3 Å². The van der Waals surface area contributed by atoms with Gasteiger partial charge in [-0.25, -0.2) is 19.3 Å². The zero-order valence-corrected chi connectivity index (χ0v) is 12.4. The van der Waals surface area contributed by atoms with Gasteiger partial charge in [0, 0.05) is 29.4 Å². The minimum Gasteiger partial charge on any atom is -0.365 e. The summed E-state index contributed by atoms with van der Waals surface area (Å²) in [5, 5.41) is 4.47. The van der Waals surface area contributed by atoms with Crippen LogP contribution in [0.2, 0.25) is 5.02 Å². The molecule has 0 radical (unpaired) electrons. The van der Waals surface area contributed by atoms with Gasteiger partial charge in [-0.1, -0.05) is 11.6 Å². The predicted molar refractivity (Wildman–Crippen MR) is 83.3 cm³/mol. The summed E-state index contributed by atoms with van der Waals surface area (Å²) < 4.78 is 13.9. The summed E-state index contributed by atoms with van der Waals surface area (Å²) in [6, 6.07) is 2.10. The molecule has 1 aliphatic carbocycles. The number of hydrogen-bond acceptors (Lipinski definition) is 4. The lowest BCUT2D eigenvalue weighted by Gasteiger charge is -2.27. The molecule has 3 heterocycles. The first-order valence-corrected chi connectivity index (χ1v) is 7.50. The highest BCUT2D eigenvalue weighted by Gasteiger charge is 2.20. The van der Waals surface area contributed by atoms with Crippen LogP contribution in [0, 0.1) is 5.82 Å². The number of nitrogens with zero attached hydrogens (tertiary/aromatic N) is 3. The monoisotopic (exact) mass is 317 g/mol. The first-order valence-electron chi connectivity index (χ1n) is 7.13. The fourth-order valence-corrected chi connectivity index (χ4v) is 2.66. The van der Waals surface area contributed by atoms with Gasteiger partial charge in [-0.3, -0.25) is 0 Å². The van der Waals surface area contributed by atoms with Crippen molar-refractivity contribution in [1.82, 2.24) is 19.9 Å². The summed E-state index contributed by atoms with van der Waals surface area (Å²) in [4.78, 5) is 15.7. The largest absolute Gasteiger partial charge is 0.365 e. The first-order chi connectivity index (χ1) is 10.7. The summed E-state index contributed by atoms with van der Waals surface area (Å²) in [6.07, 6.45) is 7.79. The Morgan fingerprint density at radius 3 is 2.91 bits per heavy atom. The second kappa shape index (κ2) is 5.21. The van der Waals surface area contributed by atoms with Crippen molar-refractivity contribution in [2.75, 3.05) is 5.32 Å². The van der Waals surface area contributed by atoms with E-state index >= 15 is 0 Å². The summed E-state index contributed by atoms with van der Waals surface area (Å²) >= 11 is 6.00. The van der Waals surface area contributed by atoms with Crippen LogP contribution in [0.25, 0.3) is 22.4 Å². The fraction of sp³-hybridized carbons (Fsp3) is 0.267.